The molecule has 1 aliphatic heterocycles. The van der Waals surface area contributed by atoms with Crippen LogP contribution in [0.25, 0.3) is 0 Å². The summed E-state index contributed by atoms with van der Waals surface area (Å²) in [5.41, 5.74) is 0.281. The average molecular weight is 385 g/mol. The minimum absolute atomic E-state index is 0.0234. The number of hydrogen-bond acceptors (Lipinski definition) is 3. The first-order valence-corrected chi connectivity index (χ1v) is 8.83. The first-order valence-electron chi connectivity index (χ1n) is 8.45. The SMILES string of the molecule is CC(C)[C@H](NC(=O)C[C@@H]1CCC(=O)N1Cc1cccc(Cl)c1F)C(=O)O. The zero-order valence-corrected chi connectivity index (χ0v) is 15.4. The van der Waals surface area contributed by atoms with Crippen molar-refractivity contribution in [3.8, 4) is 0 Å². The van der Waals surface area contributed by atoms with Gasteiger partial charge in [0.2, 0.25) is 11.8 Å². The van der Waals surface area contributed by atoms with E-state index in [1.54, 1.807) is 26.0 Å². The highest BCUT2D eigenvalue weighted by atomic mass is 35.5. The molecule has 26 heavy (non-hydrogen) atoms. The molecule has 6 nitrogen and oxygen atoms in total. The van der Waals surface area contributed by atoms with Gasteiger partial charge >= 0.3 is 5.97 Å². The van der Waals surface area contributed by atoms with Crippen molar-refractivity contribution in [2.75, 3.05) is 0 Å². The van der Waals surface area contributed by atoms with Crippen molar-refractivity contribution in [2.45, 2.75) is 51.7 Å². The molecule has 2 atom stereocenters. The number of rotatable bonds is 7. The Kier molecular flexibility index (Phi) is 6.58. The molecule has 0 radical (unpaired) electrons. The van der Waals surface area contributed by atoms with E-state index < -0.39 is 29.8 Å². The van der Waals surface area contributed by atoms with Crippen molar-refractivity contribution < 1.29 is 23.9 Å². The van der Waals surface area contributed by atoms with Crippen LogP contribution >= 0.6 is 11.6 Å². The van der Waals surface area contributed by atoms with Gasteiger partial charge in [-0.25, -0.2) is 9.18 Å². The van der Waals surface area contributed by atoms with Crippen molar-refractivity contribution in [1.82, 2.24) is 10.2 Å². The van der Waals surface area contributed by atoms with E-state index >= 15 is 0 Å². The number of likely N-dealkylation sites (tertiary alicyclic amines) is 1. The molecule has 0 aliphatic carbocycles. The molecule has 142 valence electrons. The van der Waals surface area contributed by atoms with Gasteiger partial charge in [-0.15, -0.1) is 0 Å². The average Bonchev–Trinajstić information content (AvgIpc) is 2.89. The molecular weight excluding hydrogens is 363 g/mol. The van der Waals surface area contributed by atoms with E-state index in [1.165, 1.54) is 11.0 Å². The zero-order valence-electron chi connectivity index (χ0n) is 14.7. The molecule has 1 fully saturated rings. The molecule has 8 heteroatoms. The van der Waals surface area contributed by atoms with Crippen molar-refractivity contribution >= 4 is 29.4 Å². The third-order valence-corrected chi connectivity index (χ3v) is 4.79. The number of carbonyl (C=O) groups excluding carboxylic acids is 2. The first-order chi connectivity index (χ1) is 12.2. The summed E-state index contributed by atoms with van der Waals surface area (Å²) >= 11 is 5.77. The lowest BCUT2D eigenvalue weighted by Gasteiger charge is -2.26. The summed E-state index contributed by atoms with van der Waals surface area (Å²) in [5, 5.41) is 11.6. The Labute approximate surface area is 156 Å². The molecule has 1 heterocycles. The smallest absolute Gasteiger partial charge is 0.326 e. The third kappa shape index (κ3) is 4.72. The van der Waals surface area contributed by atoms with Crippen LogP contribution in [0.15, 0.2) is 18.2 Å². The maximum Gasteiger partial charge on any atom is 0.326 e. The Balaban J connectivity index is 2.06. The molecule has 0 unspecified atom stereocenters. The second-order valence-electron chi connectivity index (χ2n) is 6.76. The number of nitrogens with zero attached hydrogens (tertiary/aromatic N) is 1. The number of nitrogens with one attached hydrogen (secondary N) is 1. The lowest BCUT2D eigenvalue weighted by atomic mass is 10.0. The zero-order chi connectivity index (χ0) is 19.4. The van der Waals surface area contributed by atoms with Gasteiger partial charge in [-0.2, -0.15) is 0 Å². The maximum absolute atomic E-state index is 14.1. The summed E-state index contributed by atoms with van der Waals surface area (Å²) in [7, 11) is 0. The van der Waals surface area contributed by atoms with Crippen LogP contribution in [0.2, 0.25) is 5.02 Å². The highest BCUT2D eigenvalue weighted by Gasteiger charge is 2.34. The molecule has 0 saturated carbocycles. The minimum Gasteiger partial charge on any atom is -0.480 e. The van der Waals surface area contributed by atoms with Gasteiger partial charge < -0.3 is 15.3 Å². The number of amides is 2. The van der Waals surface area contributed by atoms with Crippen molar-refractivity contribution in [1.29, 1.82) is 0 Å². The summed E-state index contributed by atoms with van der Waals surface area (Å²) in [5.74, 6) is -2.56. The molecule has 1 aromatic carbocycles. The molecule has 0 aromatic heterocycles. The van der Waals surface area contributed by atoms with Crippen molar-refractivity contribution in [2.24, 2.45) is 5.92 Å². The molecule has 1 aliphatic rings. The fourth-order valence-corrected chi connectivity index (χ4v) is 3.23. The predicted octanol–water partition coefficient (Wildman–Crippen LogP) is 2.59. The van der Waals surface area contributed by atoms with Crippen molar-refractivity contribution in [3.05, 3.63) is 34.6 Å². The number of hydrogen-bond donors (Lipinski definition) is 2. The van der Waals surface area contributed by atoms with E-state index in [9.17, 15) is 18.8 Å². The molecule has 2 N–H and O–H groups in total. The predicted molar refractivity (Wildman–Crippen MR) is 94.0 cm³/mol. The van der Waals surface area contributed by atoms with Crippen LogP contribution in [0.1, 0.15) is 38.7 Å². The highest BCUT2D eigenvalue weighted by molar-refractivity contribution is 6.30. The van der Waals surface area contributed by atoms with Gasteiger partial charge in [-0.1, -0.05) is 37.6 Å². The second-order valence-corrected chi connectivity index (χ2v) is 7.17. The maximum atomic E-state index is 14.1. The van der Waals surface area contributed by atoms with Gasteiger partial charge in [0.05, 0.1) is 5.02 Å². The number of aliphatic carboxylic acids is 1. The molecule has 1 saturated heterocycles. The van der Waals surface area contributed by atoms with Crippen LogP contribution in [-0.2, 0) is 20.9 Å². The van der Waals surface area contributed by atoms with Gasteiger partial charge in [0.1, 0.15) is 11.9 Å². The van der Waals surface area contributed by atoms with Crippen molar-refractivity contribution in [3.63, 3.8) is 0 Å². The van der Waals surface area contributed by atoms with E-state index in [2.05, 4.69) is 5.32 Å². The number of carbonyl (C=O) groups is 3. The lowest BCUT2D eigenvalue weighted by Crippen LogP contribution is -2.46. The Hall–Kier alpha value is -2.15. The number of carboxylic acids is 1. The Morgan fingerprint density at radius 3 is 2.73 bits per heavy atom. The van der Waals surface area contributed by atoms with E-state index in [1.807, 2.05) is 0 Å². The summed E-state index contributed by atoms with van der Waals surface area (Å²) in [4.78, 5) is 37.1. The first kappa shape index (κ1) is 20.2. The molecule has 0 bridgehead atoms. The van der Waals surface area contributed by atoms with Gasteiger partial charge in [0.25, 0.3) is 0 Å². The third-order valence-electron chi connectivity index (χ3n) is 4.50. The van der Waals surface area contributed by atoms with Gasteiger partial charge in [0, 0.05) is 31.0 Å². The van der Waals surface area contributed by atoms with Crippen LogP contribution in [0.3, 0.4) is 0 Å². The quantitative estimate of drug-likeness (QED) is 0.756. The number of halogens is 2. The molecule has 1 aromatic rings. The fraction of sp³-hybridized carbons (Fsp3) is 0.500. The largest absolute Gasteiger partial charge is 0.480 e. The van der Waals surface area contributed by atoms with Crippen LogP contribution in [0.5, 0.6) is 0 Å². The Bertz CT molecular complexity index is 710. The van der Waals surface area contributed by atoms with Gasteiger partial charge in [0.15, 0.2) is 0 Å². The molecule has 2 rings (SSSR count). The van der Waals surface area contributed by atoms with Gasteiger partial charge in [-0.3, -0.25) is 9.59 Å². The number of carboxylic acid groups (broad SMARTS) is 1. The van der Waals surface area contributed by atoms with Crippen LogP contribution in [0.4, 0.5) is 4.39 Å². The normalized spacial score (nSPS) is 18.3. The Morgan fingerprint density at radius 1 is 1.42 bits per heavy atom. The van der Waals surface area contributed by atoms with E-state index in [-0.39, 0.29) is 41.8 Å². The summed E-state index contributed by atoms with van der Waals surface area (Å²) in [6.45, 7) is 3.43. The second kappa shape index (κ2) is 8.49. The summed E-state index contributed by atoms with van der Waals surface area (Å²) in [6, 6.07) is 3.18. The minimum atomic E-state index is -1.10. The van der Waals surface area contributed by atoms with E-state index in [0.717, 1.165) is 0 Å². The van der Waals surface area contributed by atoms with Gasteiger partial charge in [-0.05, 0) is 18.4 Å². The van der Waals surface area contributed by atoms with Crippen LogP contribution in [-0.4, -0.2) is 39.9 Å². The van der Waals surface area contributed by atoms with E-state index in [4.69, 9.17) is 16.7 Å². The van der Waals surface area contributed by atoms with E-state index in [0.29, 0.717) is 6.42 Å². The van der Waals surface area contributed by atoms with Crippen LogP contribution in [0, 0.1) is 11.7 Å². The highest BCUT2D eigenvalue weighted by Crippen LogP contribution is 2.26. The molecule has 2 amide bonds. The topological polar surface area (TPSA) is 86.7 Å². The van der Waals surface area contributed by atoms with Crippen LogP contribution < -0.4 is 5.32 Å². The lowest BCUT2D eigenvalue weighted by molar-refractivity contribution is -0.143. The summed E-state index contributed by atoms with van der Waals surface area (Å²) < 4.78 is 14.1. The summed E-state index contributed by atoms with van der Waals surface area (Å²) in [6.07, 6.45) is 0.713. The fourth-order valence-electron chi connectivity index (χ4n) is 3.04. The Morgan fingerprint density at radius 2 is 2.12 bits per heavy atom. The molecular formula is C18H22ClFN2O4. The standard InChI is InChI=1S/C18H22ClFN2O4/c1-10(2)17(18(25)26)21-14(23)8-12-6-7-15(24)22(12)9-11-4-3-5-13(19)16(11)20/h3-5,10,12,17H,6-9H2,1-2H3,(H,21,23)(H,25,26)/t12-,17-/m0/s1. The number of benzene rings is 1. The monoisotopic (exact) mass is 384 g/mol. The molecule has 0 spiro atoms.